The first-order chi connectivity index (χ1) is 6.56. The molecule has 0 unspecified atom stereocenters. The molecule has 0 radical (unpaired) electrons. The zero-order valence-electron chi connectivity index (χ0n) is 8.37. The van der Waals surface area contributed by atoms with Gasteiger partial charge < -0.3 is 10.2 Å². The Labute approximate surface area is 83.0 Å². The van der Waals surface area contributed by atoms with Crippen molar-refractivity contribution in [2.24, 2.45) is 0 Å². The van der Waals surface area contributed by atoms with E-state index in [1.54, 1.807) is 13.0 Å². The predicted molar refractivity (Wildman–Crippen MR) is 53.7 cm³/mol. The minimum atomic E-state index is -0.912. The third-order valence-corrected chi connectivity index (χ3v) is 2.36. The zero-order chi connectivity index (χ0) is 10.7. The quantitative estimate of drug-likeness (QED) is 0.767. The molecule has 0 spiro atoms. The van der Waals surface area contributed by atoms with Crippen molar-refractivity contribution in [3.63, 3.8) is 0 Å². The summed E-state index contributed by atoms with van der Waals surface area (Å²) in [6, 6.07) is 3.54. The van der Waals surface area contributed by atoms with E-state index < -0.39 is 5.97 Å². The summed E-state index contributed by atoms with van der Waals surface area (Å²) in [4.78, 5) is 10.9. The van der Waals surface area contributed by atoms with E-state index in [0.29, 0.717) is 12.0 Å². The highest BCUT2D eigenvalue weighted by atomic mass is 16.4. The molecule has 76 valence electrons. The number of carboxylic acid groups (broad SMARTS) is 1. The Morgan fingerprint density at radius 1 is 1.36 bits per heavy atom. The summed E-state index contributed by atoms with van der Waals surface area (Å²) < 4.78 is 0. The number of carbonyl (C=O) groups is 1. The standard InChI is InChI=1S/C11H14O3/c1-7-5-9(3-4-12)6-10(8(7)2)11(13)14/h5-6,12H,3-4H2,1-2H3,(H,13,14). The maximum Gasteiger partial charge on any atom is 0.335 e. The molecule has 1 aromatic rings. The van der Waals surface area contributed by atoms with Gasteiger partial charge in [-0.25, -0.2) is 4.79 Å². The average Bonchev–Trinajstić information content (AvgIpc) is 2.11. The molecule has 0 saturated carbocycles. The van der Waals surface area contributed by atoms with Crippen LogP contribution in [0.15, 0.2) is 12.1 Å². The normalized spacial score (nSPS) is 10.2. The lowest BCUT2D eigenvalue weighted by Crippen LogP contribution is -2.04. The van der Waals surface area contributed by atoms with Gasteiger partial charge in [0, 0.05) is 6.61 Å². The van der Waals surface area contributed by atoms with Gasteiger partial charge in [0.25, 0.3) is 0 Å². The van der Waals surface area contributed by atoms with Gasteiger partial charge in [-0.3, -0.25) is 0 Å². The van der Waals surface area contributed by atoms with Crippen molar-refractivity contribution in [3.8, 4) is 0 Å². The van der Waals surface area contributed by atoms with Crippen LogP contribution in [0.5, 0.6) is 0 Å². The van der Waals surface area contributed by atoms with Gasteiger partial charge in [-0.05, 0) is 43.0 Å². The lowest BCUT2D eigenvalue weighted by atomic mass is 9.98. The fourth-order valence-corrected chi connectivity index (χ4v) is 1.43. The van der Waals surface area contributed by atoms with E-state index in [4.69, 9.17) is 10.2 Å². The topological polar surface area (TPSA) is 57.5 Å². The van der Waals surface area contributed by atoms with Gasteiger partial charge in [0.2, 0.25) is 0 Å². The fourth-order valence-electron chi connectivity index (χ4n) is 1.43. The number of carboxylic acids is 1. The van der Waals surface area contributed by atoms with Crippen LogP contribution in [0.25, 0.3) is 0 Å². The van der Waals surface area contributed by atoms with Crippen LogP contribution >= 0.6 is 0 Å². The summed E-state index contributed by atoms with van der Waals surface area (Å²) in [5.41, 5.74) is 2.94. The number of aromatic carboxylic acids is 1. The molecule has 2 N–H and O–H groups in total. The first-order valence-corrected chi connectivity index (χ1v) is 4.50. The van der Waals surface area contributed by atoms with E-state index in [9.17, 15) is 4.79 Å². The Morgan fingerprint density at radius 3 is 2.50 bits per heavy atom. The third-order valence-electron chi connectivity index (χ3n) is 2.36. The summed E-state index contributed by atoms with van der Waals surface area (Å²) in [5.74, 6) is -0.912. The smallest absolute Gasteiger partial charge is 0.335 e. The zero-order valence-corrected chi connectivity index (χ0v) is 8.37. The highest BCUT2D eigenvalue weighted by molar-refractivity contribution is 5.90. The molecule has 1 aromatic carbocycles. The molecule has 3 nitrogen and oxygen atoms in total. The van der Waals surface area contributed by atoms with Crippen LogP contribution in [0, 0.1) is 13.8 Å². The van der Waals surface area contributed by atoms with Crippen molar-refractivity contribution in [1.29, 1.82) is 0 Å². The van der Waals surface area contributed by atoms with E-state index in [2.05, 4.69) is 0 Å². The lowest BCUT2D eigenvalue weighted by Gasteiger charge is -2.08. The number of aliphatic hydroxyl groups excluding tert-OH is 1. The third kappa shape index (κ3) is 2.12. The Bertz CT molecular complexity index is 356. The average molecular weight is 194 g/mol. The lowest BCUT2D eigenvalue weighted by molar-refractivity contribution is 0.0696. The molecular formula is C11H14O3. The van der Waals surface area contributed by atoms with Crippen LogP contribution in [0.4, 0.5) is 0 Å². The minimum absolute atomic E-state index is 0.0432. The fraction of sp³-hybridized carbons (Fsp3) is 0.364. The summed E-state index contributed by atoms with van der Waals surface area (Å²) in [6.45, 7) is 3.71. The van der Waals surface area contributed by atoms with Gasteiger partial charge in [-0.1, -0.05) is 6.07 Å². The van der Waals surface area contributed by atoms with Crippen LogP contribution in [-0.2, 0) is 6.42 Å². The molecule has 0 aliphatic carbocycles. The molecule has 3 heteroatoms. The summed E-state index contributed by atoms with van der Waals surface area (Å²) in [5, 5.41) is 17.7. The maximum absolute atomic E-state index is 10.9. The van der Waals surface area contributed by atoms with Crippen molar-refractivity contribution in [2.75, 3.05) is 6.61 Å². The van der Waals surface area contributed by atoms with Crippen molar-refractivity contribution in [1.82, 2.24) is 0 Å². The van der Waals surface area contributed by atoms with Gasteiger partial charge >= 0.3 is 5.97 Å². The second-order valence-corrected chi connectivity index (χ2v) is 3.36. The van der Waals surface area contributed by atoms with Crippen LogP contribution in [0.2, 0.25) is 0 Å². The monoisotopic (exact) mass is 194 g/mol. The first kappa shape index (κ1) is 10.7. The summed E-state index contributed by atoms with van der Waals surface area (Å²) in [7, 11) is 0. The number of rotatable bonds is 3. The maximum atomic E-state index is 10.9. The molecule has 0 amide bonds. The molecule has 1 rings (SSSR count). The molecule has 14 heavy (non-hydrogen) atoms. The van der Waals surface area contributed by atoms with Crippen molar-refractivity contribution >= 4 is 5.97 Å². The Hall–Kier alpha value is -1.35. The van der Waals surface area contributed by atoms with Crippen LogP contribution in [0.1, 0.15) is 27.0 Å². The van der Waals surface area contributed by atoms with Gasteiger partial charge in [0.15, 0.2) is 0 Å². The van der Waals surface area contributed by atoms with Crippen LogP contribution < -0.4 is 0 Å². The van der Waals surface area contributed by atoms with E-state index >= 15 is 0 Å². The molecule has 0 aliphatic rings. The van der Waals surface area contributed by atoms with E-state index in [1.165, 1.54) is 0 Å². The van der Waals surface area contributed by atoms with Crippen LogP contribution in [0.3, 0.4) is 0 Å². The molecule has 0 aromatic heterocycles. The minimum Gasteiger partial charge on any atom is -0.478 e. The predicted octanol–water partition coefficient (Wildman–Crippen LogP) is 1.54. The number of aliphatic hydroxyl groups is 1. The van der Waals surface area contributed by atoms with Crippen molar-refractivity contribution < 1.29 is 15.0 Å². The largest absolute Gasteiger partial charge is 0.478 e. The van der Waals surface area contributed by atoms with E-state index in [1.807, 2.05) is 13.0 Å². The van der Waals surface area contributed by atoms with Crippen molar-refractivity contribution in [2.45, 2.75) is 20.3 Å². The molecule has 0 atom stereocenters. The molecule has 0 saturated heterocycles. The summed E-state index contributed by atoms with van der Waals surface area (Å²) in [6.07, 6.45) is 0.501. The Morgan fingerprint density at radius 2 is 2.00 bits per heavy atom. The molecule has 0 bridgehead atoms. The number of hydrogen-bond donors (Lipinski definition) is 2. The van der Waals surface area contributed by atoms with E-state index in [0.717, 1.165) is 16.7 Å². The molecule has 0 aliphatic heterocycles. The first-order valence-electron chi connectivity index (χ1n) is 4.50. The second-order valence-electron chi connectivity index (χ2n) is 3.36. The van der Waals surface area contributed by atoms with Gasteiger partial charge in [0.1, 0.15) is 0 Å². The van der Waals surface area contributed by atoms with E-state index in [-0.39, 0.29) is 6.61 Å². The highest BCUT2D eigenvalue weighted by Crippen LogP contribution is 2.16. The second kappa shape index (κ2) is 4.24. The number of aryl methyl sites for hydroxylation is 1. The molecular weight excluding hydrogens is 180 g/mol. The highest BCUT2D eigenvalue weighted by Gasteiger charge is 2.10. The number of hydrogen-bond acceptors (Lipinski definition) is 2. The molecule has 0 fully saturated rings. The van der Waals surface area contributed by atoms with Gasteiger partial charge in [-0.15, -0.1) is 0 Å². The van der Waals surface area contributed by atoms with Crippen LogP contribution in [-0.4, -0.2) is 22.8 Å². The SMILES string of the molecule is Cc1cc(CCO)cc(C(=O)O)c1C. The van der Waals surface area contributed by atoms with Gasteiger partial charge in [-0.2, -0.15) is 0 Å². The number of benzene rings is 1. The Balaban J connectivity index is 3.21. The summed E-state index contributed by atoms with van der Waals surface area (Å²) >= 11 is 0. The van der Waals surface area contributed by atoms with Gasteiger partial charge in [0.05, 0.1) is 5.56 Å². The molecule has 0 heterocycles. The van der Waals surface area contributed by atoms with Crippen molar-refractivity contribution in [3.05, 3.63) is 34.4 Å². The Kier molecular flexibility index (Phi) is 3.25.